The summed E-state index contributed by atoms with van der Waals surface area (Å²) in [6.07, 6.45) is -9.08. The van der Waals surface area contributed by atoms with Crippen molar-refractivity contribution in [3.63, 3.8) is 0 Å². The molecule has 0 aliphatic heterocycles. The van der Waals surface area contributed by atoms with Gasteiger partial charge in [-0.3, -0.25) is 4.79 Å². The molecule has 0 spiro atoms. The van der Waals surface area contributed by atoms with Crippen LogP contribution in [-0.4, -0.2) is 28.8 Å². The largest absolute Gasteiger partial charge is 0.416 e. The number of para-hydroxylation sites is 1. The highest BCUT2D eigenvalue weighted by atomic mass is 19.4. The molecule has 2 aromatic carbocycles. The Labute approximate surface area is 171 Å². The second-order valence-corrected chi connectivity index (χ2v) is 6.29. The van der Waals surface area contributed by atoms with E-state index < -0.39 is 30.4 Å². The van der Waals surface area contributed by atoms with Gasteiger partial charge in [0.25, 0.3) is 5.91 Å². The Morgan fingerprint density at radius 2 is 1.74 bits per heavy atom. The molecule has 0 aliphatic rings. The van der Waals surface area contributed by atoms with Crippen LogP contribution in [0.4, 0.5) is 32.0 Å². The maximum absolute atomic E-state index is 12.9. The fourth-order valence-corrected chi connectivity index (χ4v) is 2.56. The molecule has 1 amide bonds. The van der Waals surface area contributed by atoms with Crippen LogP contribution in [0.5, 0.6) is 0 Å². The SMILES string of the molecule is O=C(NCC(F)(F)F)c1ccccc1NCc1nc(-c2cccc(C(F)(F)F)c2)no1. The Kier molecular flexibility index (Phi) is 6.18. The zero-order chi connectivity index (χ0) is 22.6. The quantitative estimate of drug-likeness (QED) is 0.541. The van der Waals surface area contributed by atoms with E-state index in [9.17, 15) is 31.1 Å². The van der Waals surface area contributed by atoms with E-state index in [1.54, 1.807) is 11.4 Å². The molecule has 0 saturated carbocycles. The summed E-state index contributed by atoms with van der Waals surface area (Å²) in [4.78, 5) is 16.0. The van der Waals surface area contributed by atoms with Crippen LogP contribution in [-0.2, 0) is 12.7 Å². The number of hydrogen-bond acceptors (Lipinski definition) is 5. The van der Waals surface area contributed by atoms with Crippen LogP contribution in [0.2, 0.25) is 0 Å². The summed E-state index contributed by atoms with van der Waals surface area (Å²) in [6.45, 7) is -1.60. The van der Waals surface area contributed by atoms with E-state index in [1.807, 2.05) is 0 Å². The second-order valence-electron chi connectivity index (χ2n) is 6.29. The average Bonchev–Trinajstić information content (AvgIpc) is 3.19. The van der Waals surface area contributed by atoms with E-state index >= 15 is 0 Å². The molecule has 0 radical (unpaired) electrons. The van der Waals surface area contributed by atoms with Crippen molar-refractivity contribution >= 4 is 11.6 Å². The number of nitrogens with zero attached hydrogens (tertiary/aromatic N) is 2. The van der Waals surface area contributed by atoms with Gasteiger partial charge in [0.1, 0.15) is 6.54 Å². The summed E-state index contributed by atoms with van der Waals surface area (Å²) in [7, 11) is 0. The van der Waals surface area contributed by atoms with E-state index in [0.29, 0.717) is 0 Å². The van der Waals surface area contributed by atoms with E-state index in [0.717, 1.165) is 12.1 Å². The van der Waals surface area contributed by atoms with Gasteiger partial charge in [0.05, 0.1) is 17.7 Å². The van der Waals surface area contributed by atoms with E-state index in [1.165, 1.54) is 30.3 Å². The molecule has 0 bridgehead atoms. The molecule has 164 valence electrons. The number of benzene rings is 2. The fourth-order valence-electron chi connectivity index (χ4n) is 2.56. The third kappa shape index (κ3) is 5.96. The molecular weight excluding hydrogens is 430 g/mol. The predicted molar refractivity (Wildman–Crippen MR) is 96.9 cm³/mol. The number of halogens is 6. The molecule has 1 heterocycles. The molecule has 0 saturated heterocycles. The van der Waals surface area contributed by atoms with Gasteiger partial charge in [-0.15, -0.1) is 0 Å². The van der Waals surface area contributed by atoms with Crippen molar-refractivity contribution in [2.75, 3.05) is 11.9 Å². The minimum atomic E-state index is -4.55. The van der Waals surface area contributed by atoms with Crippen LogP contribution < -0.4 is 10.6 Å². The first-order chi connectivity index (χ1) is 14.5. The maximum atomic E-state index is 12.9. The number of hydrogen-bond donors (Lipinski definition) is 2. The average molecular weight is 444 g/mol. The van der Waals surface area contributed by atoms with Gasteiger partial charge in [0.15, 0.2) is 0 Å². The monoisotopic (exact) mass is 444 g/mol. The molecule has 2 N–H and O–H groups in total. The van der Waals surface area contributed by atoms with Crippen LogP contribution >= 0.6 is 0 Å². The van der Waals surface area contributed by atoms with Crippen LogP contribution in [0.1, 0.15) is 21.8 Å². The van der Waals surface area contributed by atoms with Crippen molar-refractivity contribution in [1.29, 1.82) is 0 Å². The molecule has 3 aromatic rings. The van der Waals surface area contributed by atoms with Crippen molar-refractivity contribution in [1.82, 2.24) is 15.5 Å². The normalized spacial score (nSPS) is 11.9. The van der Waals surface area contributed by atoms with Crippen molar-refractivity contribution in [2.24, 2.45) is 0 Å². The number of anilines is 1. The number of aromatic nitrogens is 2. The van der Waals surface area contributed by atoms with Gasteiger partial charge in [-0.1, -0.05) is 29.4 Å². The van der Waals surface area contributed by atoms with E-state index in [-0.39, 0.29) is 35.1 Å². The minimum Gasteiger partial charge on any atom is -0.375 e. The number of carbonyl (C=O) groups is 1. The van der Waals surface area contributed by atoms with Gasteiger partial charge in [0.2, 0.25) is 11.7 Å². The third-order valence-corrected chi connectivity index (χ3v) is 3.97. The smallest absolute Gasteiger partial charge is 0.375 e. The Bertz CT molecular complexity index is 1060. The van der Waals surface area contributed by atoms with Crippen LogP contribution in [0, 0.1) is 0 Å². The summed E-state index contributed by atoms with van der Waals surface area (Å²) >= 11 is 0. The number of rotatable bonds is 6. The number of alkyl halides is 6. The first kappa shape index (κ1) is 22.1. The maximum Gasteiger partial charge on any atom is 0.416 e. The second kappa shape index (κ2) is 8.66. The lowest BCUT2D eigenvalue weighted by Crippen LogP contribution is -2.34. The summed E-state index contributed by atoms with van der Waals surface area (Å²) in [5.74, 6) is -1.01. The van der Waals surface area contributed by atoms with E-state index in [4.69, 9.17) is 4.52 Å². The van der Waals surface area contributed by atoms with Crippen molar-refractivity contribution in [2.45, 2.75) is 18.9 Å². The first-order valence-corrected chi connectivity index (χ1v) is 8.71. The molecule has 3 rings (SSSR count). The molecule has 0 aliphatic carbocycles. The Hall–Kier alpha value is -3.57. The lowest BCUT2D eigenvalue weighted by Gasteiger charge is -2.12. The highest BCUT2D eigenvalue weighted by Crippen LogP contribution is 2.31. The highest BCUT2D eigenvalue weighted by Gasteiger charge is 2.31. The zero-order valence-electron chi connectivity index (χ0n) is 15.5. The molecule has 31 heavy (non-hydrogen) atoms. The molecule has 6 nitrogen and oxygen atoms in total. The Balaban J connectivity index is 1.70. The zero-order valence-corrected chi connectivity index (χ0v) is 15.5. The molecule has 0 unspecified atom stereocenters. The topological polar surface area (TPSA) is 80.0 Å². The third-order valence-electron chi connectivity index (χ3n) is 3.97. The fraction of sp³-hybridized carbons (Fsp3) is 0.211. The lowest BCUT2D eigenvalue weighted by molar-refractivity contribution is -0.137. The summed E-state index contributed by atoms with van der Waals surface area (Å²) in [6, 6.07) is 10.2. The molecule has 12 heteroatoms. The van der Waals surface area contributed by atoms with E-state index in [2.05, 4.69) is 15.5 Å². The van der Waals surface area contributed by atoms with Crippen LogP contribution in [0.3, 0.4) is 0 Å². The van der Waals surface area contributed by atoms with Crippen molar-refractivity contribution in [3.05, 3.63) is 65.5 Å². The molecule has 0 fully saturated rings. The number of carbonyl (C=O) groups excluding carboxylic acids is 1. The molecule has 1 aromatic heterocycles. The van der Waals surface area contributed by atoms with Crippen molar-refractivity contribution in [3.8, 4) is 11.4 Å². The highest BCUT2D eigenvalue weighted by molar-refractivity contribution is 5.99. The molecular formula is C19H14F6N4O2. The van der Waals surface area contributed by atoms with Gasteiger partial charge in [-0.25, -0.2) is 0 Å². The summed E-state index contributed by atoms with van der Waals surface area (Å²) in [5.41, 5.74) is -0.601. The molecule has 0 atom stereocenters. The van der Waals surface area contributed by atoms with Gasteiger partial charge >= 0.3 is 12.4 Å². The van der Waals surface area contributed by atoms with Gasteiger partial charge < -0.3 is 15.2 Å². The van der Waals surface area contributed by atoms with Crippen LogP contribution in [0.25, 0.3) is 11.4 Å². The lowest BCUT2D eigenvalue weighted by atomic mass is 10.1. The van der Waals surface area contributed by atoms with Gasteiger partial charge in [-0.2, -0.15) is 31.3 Å². The van der Waals surface area contributed by atoms with Gasteiger partial charge in [-0.05, 0) is 24.3 Å². The predicted octanol–water partition coefficient (Wildman–Crippen LogP) is 4.66. The van der Waals surface area contributed by atoms with Crippen LogP contribution in [0.15, 0.2) is 53.1 Å². The van der Waals surface area contributed by atoms with Gasteiger partial charge in [0, 0.05) is 11.3 Å². The minimum absolute atomic E-state index is 0.00193. The summed E-state index contributed by atoms with van der Waals surface area (Å²) < 4.78 is 80.5. The summed E-state index contributed by atoms with van der Waals surface area (Å²) in [5, 5.41) is 8.20. The van der Waals surface area contributed by atoms with Crippen molar-refractivity contribution < 1.29 is 35.7 Å². The number of amides is 1. The Morgan fingerprint density at radius 3 is 2.45 bits per heavy atom. The number of nitrogens with one attached hydrogen (secondary N) is 2. The Morgan fingerprint density at radius 1 is 1.00 bits per heavy atom. The first-order valence-electron chi connectivity index (χ1n) is 8.71. The standard InChI is InChI=1S/C19H14F6N4O2/c20-18(21,22)10-27-17(30)13-6-1-2-7-14(13)26-9-15-28-16(29-31-15)11-4-3-5-12(8-11)19(23,24)25/h1-8,26H,9-10H2,(H,27,30).